The maximum atomic E-state index is 5.69. The summed E-state index contributed by atoms with van der Waals surface area (Å²) in [5.74, 6) is 1.49. The van der Waals surface area contributed by atoms with Gasteiger partial charge in [0.25, 0.3) is 0 Å². The van der Waals surface area contributed by atoms with Gasteiger partial charge in [0.1, 0.15) is 11.5 Å². The zero-order chi connectivity index (χ0) is 13.4. The molecule has 0 aliphatic carbocycles. The van der Waals surface area contributed by atoms with E-state index in [9.17, 15) is 0 Å². The molecule has 0 bridgehead atoms. The summed E-state index contributed by atoms with van der Waals surface area (Å²) in [7, 11) is 3.27. The van der Waals surface area contributed by atoms with Crippen LogP contribution in [0.4, 0.5) is 5.13 Å². The predicted molar refractivity (Wildman–Crippen MR) is 76.9 cm³/mol. The van der Waals surface area contributed by atoms with E-state index in [2.05, 4.69) is 9.97 Å². The fourth-order valence-electron chi connectivity index (χ4n) is 2.10. The van der Waals surface area contributed by atoms with E-state index < -0.39 is 0 Å². The molecular formula is C13H13N3O2S. The van der Waals surface area contributed by atoms with Crippen molar-refractivity contribution in [3.63, 3.8) is 0 Å². The highest BCUT2D eigenvalue weighted by atomic mass is 32.1. The molecular weight excluding hydrogens is 262 g/mol. The average molecular weight is 275 g/mol. The molecule has 2 heterocycles. The molecule has 0 amide bonds. The van der Waals surface area contributed by atoms with Gasteiger partial charge >= 0.3 is 0 Å². The number of thiazole rings is 1. The van der Waals surface area contributed by atoms with Crippen LogP contribution in [0.15, 0.2) is 23.7 Å². The van der Waals surface area contributed by atoms with Crippen molar-refractivity contribution >= 4 is 27.4 Å². The number of H-pyrrole nitrogens is 1. The van der Waals surface area contributed by atoms with E-state index in [1.165, 1.54) is 11.3 Å². The Hall–Kier alpha value is -2.21. The molecule has 0 unspecified atom stereocenters. The molecule has 1 aromatic carbocycles. The second-order valence-corrected chi connectivity index (χ2v) is 4.92. The molecule has 19 heavy (non-hydrogen) atoms. The fourth-order valence-corrected chi connectivity index (χ4v) is 2.66. The van der Waals surface area contributed by atoms with E-state index >= 15 is 0 Å². The summed E-state index contributed by atoms with van der Waals surface area (Å²) < 4.78 is 10.7. The highest BCUT2D eigenvalue weighted by molar-refractivity contribution is 7.13. The maximum absolute atomic E-state index is 5.69. The monoisotopic (exact) mass is 275 g/mol. The number of nitrogens with two attached hydrogens (primary N) is 1. The van der Waals surface area contributed by atoms with Gasteiger partial charge in [-0.1, -0.05) is 0 Å². The van der Waals surface area contributed by atoms with E-state index in [1.807, 2.05) is 23.7 Å². The Morgan fingerprint density at radius 2 is 2.11 bits per heavy atom. The first-order valence-corrected chi connectivity index (χ1v) is 6.55. The van der Waals surface area contributed by atoms with E-state index in [4.69, 9.17) is 15.2 Å². The Kier molecular flexibility index (Phi) is 2.79. The standard InChI is InChI=1S/C13H13N3O2S/c1-17-7-3-9-12(11(4-7)18-2)8(5-15-9)10-6-19-13(14)16-10/h3-6,15H,1-2H3,(H2,14,16). The van der Waals surface area contributed by atoms with Crippen LogP contribution in [0, 0.1) is 0 Å². The topological polar surface area (TPSA) is 73.2 Å². The number of aromatic amines is 1. The Morgan fingerprint density at radius 1 is 1.26 bits per heavy atom. The van der Waals surface area contributed by atoms with E-state index in [0.29, 0.717) is 5.13 Å². The van der Waals surface area contributed by atoms with Gasteiger partial charge in [0.05, 0.1) is 30.8 Å². The number of hydrogen-bond donors (Lipinski definition) is 2. The largest absolute Gasteiger partial charge is 0.497 e. The van der Waals surface area contributed by atoms with Gasteiger partial charge in [0.2, 0.25) is 0 Å². The van der Waals surface area contributed by atoms with Crippen LogP contribution in [0.5, 0.6) is 11.5 Å². The van der Waals surface area contributed by atoms with Gasteiger partial charge in [-0.2, -0.15) is 0 Å². The summed E-state index contributed by atoms with van der Waals surface area (Å²) in [5, 5.41) is 3.46. The minimum atomic E-state index is 0.553. The van der Waals surface area contributed by atoms with Crippen molar-refractivity contribution in [2.45, 2.75) is 0 Å². The second-order valence-electron chi connectivity index (χ2n) is 4.03. The van der Waals surface area contributed by atoms with Crippen molar-refractivity contribution in [2.24, 2.45) is 0 Å². The van der Waals surface area contributed by atoms with Gasteiger partial charge in [-0.3, -0.25) is 0 Å². The molecule has 3 N–H and O–H groups in total. The summed E-state index contributed by atoms with van der Waals surface area (Å²) in [6, 6.07) is 3.78. The minimum Gasteiger partial charge on any atom is -0.497 e. The Balaban J connectivity index is 2.27. The van der Waals surface area contributed by atoms with Crippen LogP contribution >= 0.6 is 11.3 Å². The summed E-state index contributed by atoms with van der Waals surface area (Å²) in [4.78, 5) is 7.52. The number of methoxy groups -OCH3 is 2. The summed E-state index contributed by atoms with van der Waals surface area (Å²) >= 11 is 1.42. The van der Waals surface area contributed by atoms with Crippen LogP contribution in [0.1, 0.15) is 0 Å². The molecule has 0 radical (unpaired) electrons. The molecule has 0 saturated carbocycles. The van der Waals surface area contributed by atoms with Gasteiger partial charge < -0.3 is 20.2 Å². The van der Waals surface area contributed by atoms with Crippen LogP contribution < -0.4 is 15.2 Å². The lowest BCUT2D eigenvalue weighted by Gasteiger charge is -2.07. The molecule has 0 saturated heterocycles. The maximum Gasteiger partial charge on any atom is 0.180 e. The van der Waals surface area contributed by atoms with Crippen LogP contribution in [-0.2, 0) is 0 Å². The zero-order valence-electron chi connectivity index (χ0n) is 10.6. The van der Waals surface area contributed by atoms with Gasteiger partial charge in [-0.05, 0) is 0 Å². The Labute approximate surface area is 114 Å². The molecule has 3 rings (SSSR count). The molecule has 6 heteroatoms. The van der Waals surface area contributed by atoms with Crippen LogP contribution in [0.3, 0.4) is 0 Å². The fraction of sp³-hybridized carbons (Fsp3) is 0.154. The Bertz CT molecular complexity index is 733. The van der Waals surface area contributed by atoms with Gasteiger partial charge in [0.15, 0.2) is 5.13 Å². The van der Waals surface area contributed by atoms with Crippen LogP contribution in [-0.4, -0.2) is 24.2 Å². The molecule has 0 spiro atoms. The smallest absolute Gasteiger partial charge is 0.180 e. The quantitative estimate of drug-likeness (QED) is 0.771. The summed E-state index contributed by atoms with van der Waals surface area (Å²) in [6.07, 6.45) is 1.90. The number of ether oxygens (including phenoxy) is 2. The van der Waals surface area contributed by atoms with Crippen molar-refractivity contribution in [1.82, 2.24) is 9.97 Å². The first-order valence-electron chi connectivity index (χ1n) is 5.67. The number of rotatable bonds is 3. The highest BCUT2D eigenvalue weighted by Crippen LogP contribution is 2.38. The first-order chi connectivity index (χ1) is 9.22. The van der Waals surface area contributed by atoms with Crippen molar-refractivity contribution in [1.29, 1.82) is 0 Å². The normalized spacial score (nSPS) is 10.8. The second kappa shape index (κ2) is 4.47. The average Bonchev–Trinajstić information content (AvgIpc) is 3.03. The lowest BCUT2D eigenvalue weighted by Crippen LogP contribution is -1.89. The Morgan fingerprint density at radius 3 is 2.74 bits per heavy atom. The molecule has 0 aliphatic rings. The summed E-state index contributed by atoms with van der Waals surface area (Å²) in [5.41, 5.74) is 8.45. The summed E-state index contributed by atoms with van der Waals surface area (Å²) in [6.45, 7) is 0. The van der Waals surface area contributed by atoms with E-state index in [-0.39, 0.29) is 0 Å². The lowest BCUT2D eigenvalue weighted by molar-refractivity contribution is 0.398. The SMILES string of the molecule is COc1cc(OC)c2c(-c3csc(N)n3)c[nH]c2c1. The first kappa shape index (κ1) is 11.9. The third kappa shape index (κ3) is 1.90. The number of anilines is 1. The predicted octanol–water partition coefficient (Wildman–Crippen LogP) is 2.89. The number of benzene rings is 1. The lowest BCUT2D eigenvalue weighted by atomic mass is 10.1. The third-order valence-corrected chi connectivity index (χ3v) is 3.64. The number of nitrogens with zero attached hydrogens (tertiary/aromatic N) is 1. The van der Waals surface area contributed by atoms with Gasteiger partial charge in [-0.25, -0.2) is 4.98 Å². The van der Waals surface area contributed by atoms with Crippen molar-refractivity contribution in [3.8, 4) is 22.8 Å². The van der Waals surface area contributed by atoms with Crippen LogP contribution in [0.25, 0.3) is 22.2 Å². The molecule has 5 nitrogen and oxygen atoms in total. The molecule has 98 valence electrons. The van der Waals surface area contributed by atoms with Crippen molar-refractivity contribution < 1.29 is 9.47 Å². The van der Waals surface area contributed by atoms with Gasteiger partial charge in [-0.15, -0.1) is 11.3 Å². The van der Waals surface area contributed by atoms with Gasteiger partial charge in [0, 0.05) is 29.3 Å². The number of nitrogen functional groups attached to an aromatic ring is 1. The third-order valence-electron chi connectivity index (χ3n) is 2.97. The zero-order valence-corrected chi connectivity index (χ0v) is 11.4. The molecule has 0 atom stereocenters. The highest BCUT2D eigenvalue weighted by Gasteiger charge is 2.15. The molecule has 0 fully saturated rings. The van der Waals surface area contributed by atoms with Crippen molar-refractivity contribution in [2.75, 3.05) is 20.0 Å². The molecule has 0 aliphatic heterocycles. The van der Waals surface area contributed by atoms with E-state index in [1.54, 1.807) is 14.2 Å². The number of fused-ring (bicyclic) bond motifs is 1. The minimum absolute atomic E-state index is 0.553. The van der Waals surface area contributed by atoms with E-state index in [0.717, 1.165) is 33.7 Å². The van der Waals surface area contributed by atoms with Crippen molar-refractivity contribution in [3.05, 3.63) is 23.7 Å². The number of hydrogen-bond acceptors (Lipinski definition) is 5. The number of nitrogens with one attached hydrogen (secondary N) is 1. The van der Waals surface area contributed by atoms with Crippen LogP contribution in [0.2, 0.25) is 0 Å². The number of aromatic nitrogens is 2. The molecule has 3 aromatic rings. The molecule has 2 aromatic heterocycles.